The number of hydrogen-bond donors (Lipinski definition) is 5. The normalized spacial score (nSPS) is 16.7. The molecule has 2 aromatic carbocycles. The van der Waals surface area contributed by atoms with E-state index in [1.54, 1.807) is 57.3 Å². The van der Waals surface area contributed by atoms with E-state index < -0.39 is 48.0 Å². The lowest BCUT2D eigenvalue weighted by molar-refractivity contribution is -0.157. The zero-order valence-electron chi connectivity index (χ0n) is 24.5. The topological polar surface area (TPSA) is 186 Å². The summed E-state index contributed by atoms with van der Waals surface area (Å²) in [4.78, 5) is 30.4. The minimum atomic E-state index is -1.15. The highest BCUT2D eigenvalue weighted by Crippen LogP contribution is 2.50. The Hall–Kier alpha value is -4.87. The number of nitrogens with two attached hydrogens (primary N) is 1. The number of aliphatic hydroxyl groups is 2. The van der Waals surface area contributed by atoms with Crippen molar-refractivity contribution in [2.75, 3.05) is 12.3 Å². The van der Waals surface area contributed by atoms with Crippen LogP contribution in [0.5, 0.6) is 17.2 Å². The number of hydrogen-bond acceptors (Lipinski definition) is 11. The molecular weight excluding hydrogens is 568 g/mol. The van der Waals surface area contributed by atoms with Crippen LogP contribution in [0.15, 0.2) is 69.5 Å². The van der Waals surface area contributed by atoms with Gasteiger partial charge < -0.3 is 40.1 Å². The lowest BCUT2D eigenvalue weighted by atomic mass is 9.80. The molecule has 1 aliphatic heterocycles. The summed E-state index contributed by atoms with van der Waals surface area (Å²) in [5.74, 6) is -1.23. The van der Waals surface area contributed by atoms with Crippen molar-refractivity contribution < 1.29 is 39.1 Å². The van der Waals surface area contributed by atoms with Crippen LogP contribution in [0.2, 0.25) is 0 Å². The van der Waals surface area contributed by atoms with E-state index in [0.29, 0.717) is 11.1 Å². The molecule has 3 heterocycles. The first-order valence-corrected chi connectivity index (χ1v) is 14.1. The molecule has 2 atom stereocenters. The van der Waals surface area contributed by atoms with Crippen LogP contribution < -0.4 is 15.9 Å². The van der Waals surface area contributed by atoms with E-state index >= 15 is 0 Å². The summed E-state index contributed by atoms with van der Waals surface area (Å²) < 4.78 is 18.4. The number of ether oxygens (including phenoxy) is 2. The second-order valence-electron chi connectivity index (χ2n) is 11.2. The third-order valence-electron chi connectivity index (χ3n) is 7.91. The Morgan fingerprint density at radius 3 is 2.64 bits per heavy atom. The van der Waals surface area contributed by atoms with Crippen LogP contribution >= 0.6 is 0 Å². The Kier molecular flexibility index (Phi) is 8.36. The van der Waals surface area contributed by atoms with Crippen molar-refractivity contribution in [3.63, 3.8) is 0 Å². The number of allylic oxidation sites excluding steroid dienone is 1. The number of fused-ring (bicyclic) bond motifs is 2. The second kappa shape index (κ2) is 12.0. The Balaban J connectivity index is 1.81. The largest absolute Gasteiger partial charge is 0.508 e. The summed E-state index contributed by atoms with van der Waals surface area (Å²) in [6.45, 7) is 3.97. The van der Waals surface area contributed by atoms with Gasteiger partial charge in [0.1, 0.15) is 58.1 Å². The van der Waals surface area contributed by atoms with Gasteiger partial charge in [-0.15, -0.1) is 0 Å². The van der Waals surface area contributed by atoms with Gasteiger partial charge in [0.15, 0.2) is 5.43 Å². The summed E-state index contributed by atoms with van der Waals surface area (Å²) in [6.07, 6.45) is 2.34. The second-order valence-corrected chi connectivity index (χ2v) is 11.2. The molecule has 11 heteroatoms. The molecule has 1 aliphatic rings. The zero-order chi connectivity index (χ0) is 31.8. The third kappa shape index (κ3) is 5.71. The number of anilines is 1. The highest BCUT2D eigenvalue weighted by atomic mass is 16.6. The van der Waals surface area contributed by atoms with Crippen LogP contribution in [0.3, 0.4) is 0 Å². The van der Waals surface area contributed by atoms with Gasteiger partial charge in [0, 0.05) is 35.7 Å². The van der Waals surface area contributed by atoms with Crippen molar-refractivity contribution in [1.29, 1.82) is 0 Å². The number of aromatic nitrogens is 1. The van der Waals surface area contributed by atoms with Gasteiger partial charge in [0.2, 0.25) is 0 Å². The molecule has 0 spiro atoms. The van der Waals surface area contributed by atoms with E-state index in [1.807, 2.05) is 6.07 Å². The number of rotatable bonds is 8. The minimum Gasteiger partial charge on any atom is -0.508 e. The maximum absolute atomic E-state index is 13.4. The first kappa shape index (κ1) is 30.6. The fourth-order valence-electron chi connectivity index (χ4n) is 5.59. The van der Waals surface area contributed by atoms with Crippen molar-refractivity contribution in [1.82, 2.24) is 4.98 Å². The van der Waals surface area contributed by atoms with E-state index in [9.17, 15) is 30.0 Å². The summed E-state index contributed by atoms with van der Waals surface area (Å²) in [5, 5.41) is 41.1. The van der Waals surface area contributed by atoms with E-state index in [0.717, 1.165) is 11.6 Å². The molecule has 0 saturated carbocycles. The third-order valence-corrected chi connectivity index (χ3v) is 7.91. The molecule has 230 valence electrons. The number of benzene rings is 2. The van der Waals surface area contributed by atoms with Gasteiger partial charge >= 0.3 is 5.97 Å². The minimum absolute atomic E-state index is 0.0149. The predicted octanol–water partition coefficient (Wildman–Crippen LogP) is 3.61. The average Bonchev–Trinajstić information content (AvgIpc) is 2.97. The van der Waals surface area contributed by atoms with Crippen molar-refractivity contribution in [3.8, 4) is 17.2 Å². The Morgan fingerprint density at radius 1 is 1.20 bits per heavy atom. The van der Waals surface area contributed by atoms with Crippen molar-refractivity contribution >= 4 is 22.8 Å². The fourth-order valence-corrected chi connectivity index (χ4v) is 5.59. The molecule has 0 unspecified atom stereocenters. The Labute approximate surface area is 252 Å². The van der Waals surface area contributed by atoms with Crippen LogP contribution in [0, 0.1) is 0 Å². The summed E-state index contributed by atoms with van der Waals surface area (Å²) in [5.41, 5.74) is 6.49. The maximum Gasteiger partial charge on any atom is 0.336 e. The first-order valence-electron chi connectivity index (χ1n) is 14.1. The van der Waals surface area contributed by atoms with Gasteiger partial charge in [-0.1, -0.05) is 18.2 Å². The molecular formula is C33H34N2O9. The number of carbonyl (C=O) groups excluding carboxylic acids is 1. The van der Waals surface area contributed by atoms with Crippen LogP contribution in [0.4, 0.5) is 5.82 Å². The van der Waals surface area contributed by atoms with Crippen LogP contribution in [0.1, 0.15) is 54.7 Å². The average molecular weight is 603 g/mol. The standard InChI is InChI=1S/C33H34N2O9/c1-4-18(15-36)32(41)43-25-14-23-29(40)28-24(39)13-21(16-37)42-31(28)27(30(23)44-33(25,2)3)22(19-8-9-35-26(34)12-19)11-17-6-5-7-20(38)10-17/h4-10,12-13,22,25,36-38,40H,11,14-16H2,1-3H3,(H2,34,35)/b18-4-/t22-,25-/m1/s1. The monoisotopic (exact) mass is 602 g/mol. The van der Waals surface area contributed by atoms with Crippen molar-refractivity contribution in [2.24, 2.45) is 0 Å². The van der Waals surface area contributed by atoms with E-state index in [1.165, 1.54) is 6.08 Å². The SMILES string of the molecule is C/C=C(/CO)C(=O)O[C@@H]1Cc2c(c([C@H](Cc3cccc(O)c3)c3ccnc(N)c3)c3oc(CO)cc(=O)c3c2O)OC1(C)C. The summed E-state index contributed by atoms with van der Waals surface area (Å²) in [7, 11) is 0. The van der Waals surface area contributed by atoms with Gasteiger partial charge in [-0.2, -0.15) is 0 Å². The van der Waals surface area contributed by atoms with Gasteiger partial charge in [-0.3, -0.25) is 4.79 Å². The molecule has 6 N–H and O–H groups in total. The van der Waals surface area contributed by atoms with Gasteiger partial charge in [0.25, 0.3) is 0 Å². The Bertz CT molecular complexity index is 1830. The first-order chi connectivity index (χ1) is 21.0. The molecule has 4 aromatic rings. The van der Waals surface area contributed by atoms with Gasteiger partial charge in [-0.05, 0) is 62.6 Å². The number of aromatic hydroxyl groups is 2. The van der Waals surface area contributed by atoms with Gasteiger partial charge in [-0.25, -0.2) is 9.78 Å². The molecule has 0 aliphatic carbocycles. The van der Waals surface area contributed by atoms with Crippen molar-refractivity contribution in [2.45, 2.75) is 57.8 Å². The fraction of sp³-hybridized carbons (Fsp3) is 0.303. The number of aliphatic hydroxyl groups excluding tert-OH is 2. The van der Waals surface area contributed by atoms with Gasteiger partial charge in [0.05, 0.1) is 12.2 Å². The number of pyridine rings is 1. The molecule has 11 nitrogen and oxygen atoms in total. The zero-order valence-corrected chi connectivity index (χ0v) is 24.5. The quantitative estimate of drug-likeness (QED) is 0.147. The molecule has 5 rings (SSSR count). The van der Waals surface area contributed by atoms with Crippen LogP contribution in [-0.2, 0) is 29.0 Å². The van der Waals surface area contributed by atoms with E-state index in [2.05, 4.69) is 4.98 Å². The number of carbonyl (C=O) groups is 1. The molecule has 0 saturated heterocycles. The van der Waals surface area contributed by atoms with Crippen molar-refractivity contribution in [3.05, 3.63) is 98.5 Å². The Morgan fingerprint density at radius 2 is 1.98 bits per heavy atom. The molecule has 2 aromatic heterocycles. The van der Waals surface area contributed by atoms with E-state index in [4.69, 9.17) is 19.6 Å². The predicted molar refractivity (Wildman–Crippen MR) is 162 cm³/mol. The number of nitrogens with zero attached hydrogens (tertiary/aromatic N) is 1. The molecule has 0 bridgehead atoms. The smallest absolute Gasteiger partial charge is 0.336 e. The highest BCUT2D eigenvalue weighted by molar-refractivity contribution is 5.92. The summed E-state index contributed by atoms with van der Waals surface area (Å²) >= 11 is 0. The molecule has 44 heavy (non-hydrogen) atoms. The number of phenols is 2. The number of esters is 1. The number of phenolic OH excluding ortho intramolecular Hbond substituents is 2. The molecule has 0 fully saturated rings. The lowest BCUT2D eigenvalue weighted by Gasteiger charge is -2.41. The molecule has 0 radical (unpaired) electrons. The van der Waals surface area contributed by atoms with Crippen LogP contribution in [-0.4, -0.2) is 49.7 Å². The molecule has 0 amide bonds. The van der Waals surface area contributed by atoms with Crippen LogP contribution in [0.25, 0.3) is 11.0 Å². The maximum atomic E-state index is 13.4. The number of nitrogen functional groups attached to an aromatic ring is 1. The summed E-state index contributed by atoms with van der Waals surface area (Å²) in [6, 6.07) is 11.3. The van der Waals surface area contributed by atoms with E-state index in [-0.39, 0.29) is 58.0 Å². The highest BCUT2D eigenvalue weighted by Gasteiger charge is 2.44. The lowest BCUT2D eigenvalue weighted by Crippen LogP contribution is -2.49.